The van der Waals surface area contributed by atoms with Gasteiger partial charge in [-0.05, 0) is 44.1 Å². The van der Waals surface area contributed by atoms with Gasteiger partial charge in [0.15, 0.2) is 5.78 Å². The van der Waals surface area contributed by atoms with E-state index in [0.29, 0.717) is 12.0 Å². The van der Waals surface area contributed by atoms with Crippen molar-refractivity contribution in [2.75, 3.05) is 0 Å². The van der Waals surface area contributed by atoms with Crippen LogP contribution in [-0.4, -0.2) is 40.6 Å². The van der Waals surface area contributed by atoms with Gasteiger partial charge in [-0.15, -0.1) is 0 Å². The number of ketones is 1. The molecule has 1 saturated heterocycles. The molecule has 2 aliphatic rings. The van der Waals surface area contributed by atoms with Crippen molar-refractivity contribution in [3.8, 4) is 0 Å². The monoisotopic (exact) mass is 362 g/mol. The van der Waals surface area contributed by atoms with Crippen molar-refractivity contribution in [2.24, 2.45) is 11.8 Å². The van der Waals surface area contributed by atoms with Gasteiger partial charge in [0.05, 0.1) is 17.4 Å². The molecule has 2 rings (SSSR count). The van der Waals surface area contributed by atoms with Crippen LogP contribution in [0.4, 0.5) is 0 Å². The highest BCUT2D eigenvalue weighted by Gasteiger charge is 2.46. The van der Waals surface area contributed by atoms with Crippen LogP contribution in [0.5, 0.6) is 0 Å². The van der Waals surface area contributed by atoms with Gasteiger partial charge in [-0.3, -0.25) is 9.59 Å². The summed E-state index contributed by atoms with van der Waals surface area (Å²) in [7, 11) is 0. The molecule has 0 saturated carbocycles. The molecule has 1 heterocycles. The maximum atomic E-state index is 12.4. The highest BCUT2D eigenvalue weighted by molar-refractivity contribution is 6.03. The van der Waals surface area contributed by atoms with Gasteiger partial charge in [0.2, 0.25) is 0 Å². The van der Waals surface area contributed by atoms with E-state index < -0.39 is 35.7 Å². The topological polar surface area (TPSA) is 89.9 Å². The number of esters is 2. The Morgan fingerprint density at radius 1 is 1.50 bits per heavy atom. The SMILES string of the molecule is C=C1C(=O)O[C@@H]2/C=C(/C)C(=O)/C=C/[C@](C)(O)C[C@@H](OC(=O)[C@H](C)CC)[C@@H]12. The number of hydrogen-bond acceptors (Lipinski definition) is 6. The molecule has 6 nitrogen and oxygen atoms in total. The van der Waals surface area contributed by atoms with Crippen molar-refractivity contribution < 1.29 is 29.0 Å². The van der Waals surface area contributed by atoms with Crippen LogP contribution in [0.25, 0.3) is 0 Å². The number of carbonyl (C=O) groups is 3. The van der Waals surface area contributed by atoms with E-state index >= 15 is 0 Å². The third-order valence-corrected chi connectivity index (χ3v) is 4.96. The zero-order chi connectivity index (χ0) is 19.6. The van der Waals surface area contributed by atoms with Gasteiger partial charge < -0.3 is 14.6 Å². The second-order valence-corrected chi connectivity index (χ2v) is 7.31. The fraction of sp³-hybridized carbons (Fsp3) is 0.550. The molecule has 0 bridgehead atoms. The molecule has 26 heavy (non-hydrogen) atoms. The lowest BCUT2D eigenvalue weighted by atomic mass is 9.82. The Hall–Kier alpha value is -2.21. The number of rotatable bonds is 3. The Morgan fingerprint density at radius 2 is 2.15 bits per heavy atom. The summed E-state index contributed by atoms with van der Waals surface area (Å²) in [4.78, 5) is 36.5. The van der Waals surface area contributed by atoms with Gasteiger partial charge in [-0.25, -0.2) is 4.79 Å². The Labute approximate surface area is 153 Å². The molecule has 0 amide bonds. The van der Waals surface area contributed by atoms with E-state index in [9.17, 15) is 19.5 Å². The fourth-order valence-electron chi connectivity index (χ4n) is 3.05. The molecule has 1 fully saturated rings. The van der Waals surface area contributed by atoms with Crippen LogP contribution in [0.2, 0.25) is 0 Å². The smallest absolute Gasteiger partial charge is 0.334 e. The second kappa shape index (κ2) is 7.58. The number of aliphatic hydroxyl groups is 1. The lowest BCUT2D eigenvalue weighted by Gasteiger charge is -2.32. The van der Waals surface area contributed by atoms with Gasteiger partial charge in [0, 0.05) is 12.0 Å². The molecule has 1 N–H and O–H groups in total. The number of hydrogen-bond donors (Lipinski definition) is 1. The van der Waals surface area contributed by atoms with E-state index in [1.807, 2.05) is 6.92 Å². The number of allylic oxidation sites excluding steroid dienone is 2. The quantitative estimate of drug-likeness (QED) is 0.612. The molecule has 6 heteroatoms. The summed E-state index contributed by atoms with van der Waals surface area (Å²) < 4.78 is 11.0. The average molecular weight is 362 g/mol. The molecular formula is C20H26O6. The average Bonchev–Trinajstić information content (AvgIpc) is 2.84. The maximum absolute atomic E-state index is 12.4. The van der Waals surface area contributed by atoms with Crippen LogP contribution in [-0.2, 0) is 23.9 Å². The van der Waals surface area contributed by atoms with Crippen molar-refractivity contribution >= 4 is 17.7 Å². The van der Waals surface area contributed by atoms with Gasteiger partial charge in [-0.2, -0.15) is 0 Å². The maximum Gasteiger partial charge on any atom is 0.334 e. The Kier molecular flexibility index (Phi) is 5.86. The first-order valence-corrected chi connectivity index (χ1v) is 8.80. The van der Waals surface area contributed by atoms with E-state index in [1.54, 1.807) is 19.9 Å². The summed E-state index contributed by atoms with van der Waals surface area (Å²) in [6.07, 6.45) is 3.27. The first-order chi connectivity index (χ1) is 12.1. The Bertz CT molecular complexity index is 684. The predicted molar refractivity (Wildman–Crippen MR) is 95.0 cm³/mol. The summed E-state index contributed by atoms with van der Waals surface area (Å²) in [5.74, 6) is -2.25. The minimum Gasteiger partial charge on any atom is -0.461 e. The highest BCUT2D eigenvalue weighted by atomic mass is 16.6. The molecule has 0 spiro atoms. The minimum absolute atomic E-state index is 0.0165. The summed E-state index contributed by atoms with van der Waals surface area (Å²) >= 11 is 0. The molecule has 5 atom stereocenters. The highest BCUT2D eigenvalue weighted by Crippen LogP contribution is 2.37. The molecule has 1 aliphatic heterocycles. The molecule has 0 aromatic carbocycles. The summed E-state index contributed by atoms with van der Waals surface area (Å²) in [5, 5.41) is 10.6. The molecule has 0 aromatic heterocycles. The largest absolute Gasteiger partial charge is 0.461 e. The molecule has 0 unspecified atom stereocenters. The Morgan fingerprint density at radius 3 is 2.77 bits per heavy atom. The summed E-state index contributed by atoms with van der Waals surface area (Å²) in [5.41, 5.74) is -0.846. The van der Waals surface area contributed by atoms with Gasteiger partial charge in [0.1, 0.15) is 12.2 Å². The summed E-state index contributed by atoms with van der Waals surface area (Å²) in [6.45, 7) is 10.5. The lowest BCUT2D eigenvalue weighted by molar-refractivity contribution is -0.159. The van der Waals surface area contributed by atoms with Crippen LogP contribution in [0.1, 0.15) is 40.5 Å². The predicted octanol–water partition coefficient (Wildman–Crippen LogP) is 2.27. The van der Waals surface area contributed by atoms with Crippen molar-refractivity contribution in [3.63, 3.8) is 0 Å². The van der Waals surface area contributed by atoms with Crippen molar-refractivity contribution in [3.05, 3.63) is 36.0 Å². The van der Waals surface area contributed by atoms with Crippen molar-refractivity contribution in [2.45, 2.75) is 58.3 Å². The third kappa shape index (κ3) is 4.30. The van der Waals surface area contributed by atoms with E-state index in [2.05, 4.69) is 6.58 Å². The zero-order valence-electron chi connectivity index (χ0n) is 15.7. The second-order valence-electron chi connectivity index (χ2n) is 7.31. The Balaban J connectivity index is 2.46. The normalized spacial score (nSPS) is 36.4. The molecule has 1 aliphatic carbocycles. The van der Waals surface area contributed by atoms with E-state index in [1.165, 1.54) is 19.1 Å². The molecule has 142 valence electrons. The van der Waals surface area contributed by atoms with E-state index in [-0.39, 0.29) is 23.7 Å². The van der Waals surface area contributed by atoms with E-state index in [0.717, 1.165) is 0 Å². The van der Waals surface area contributed by atoms with Crippen LogP contribution in [0.3, 0.4) is 0 Å². The van der Waals surface area contributed by atoms with Crippen molar-refractivity contribution in [1.29, 1.82) is 0 Å². The van der Waals surface area contributed by atoms with Crippen molar-refractivity contribution in [1.82, 2.24) is 0 Å². The minimum atomic E-state index is -1.40. The van der Waals surface area contributed by atoms with Crippen LogP contribution in [0, 0.1) is 11.8 Å². The number of carbonyl (C=O) groups excluding carboxylic acids is 3. The van der Waals surface area contributed by atoms with Crippen LogP contribution in [0.15, 0.2) is 36.0 Å². The van der Waals surface area contributed by atoms with Crippen LogP contribution < -0.4 is 0 Å². The first-order valence-electron chi connectivity index (χ1n) is 8.80. The standard InChI is InChI=1S/C20H26O6/c1-6-11(2)18(22)26-16-10-20(5,24)8-7-14(21)12(3)9-15-17(16)13(4)19(23)25-15/h7-9,11,15-17,24H,4,6,10H2,1-3,5H3/b8-7+,12-9-/t11-,15-,16-,17+,20+/m1/s1. The van der Waals surface area contributed by atoms with Gasteiger partial charge in [-0.1, -0.05) is 20.4 Å². The molecule has 0 aromatic rings. The van der Waals surface area contributed by atoms with E-state index in [4.69, 9.17) is 9.47 Å². The lowest BCUT2D eigenvalue weighted by Crippen LogP contribution is -2.40. The third-order valence-electron chi connectivity index (χ3n) is 4.96. The number of fused-ring (bicyclic) bond motifs is 1. The number of ether oxygens (including phenoxy) is 2. The zero-order valence-corrected chi connectivity index (χ0v) is 15.7. The van der Waals surface area contributed by atoms with Gasteiger partial charge >= 0.3 is 11.9 Å². The molecule has 0 radical (unpaired) electrons. The first kappa shape index (κ1) is 20.1. The van der Waals surface area contributed by atoms with Gasteiger partial charge in [0.25, 0.3) is 0 Å². The summed E-state index contributed by atoms with van der Waals surface area (Å²) in [6, 6.07) is 0. The molecular weight excluding hydrogens is 336 g/mol. The fourth-order valence-corrected chi connectivity index (χ4v) is 3.05. The van der Waals surface area contributed by atoms with Crippen LogP contribution >= 0.6 is 0 Å².